The van der Waals surface area contributed by atoms with Crippen LogP contribution in [0.2, 0.25) is 0 Å². The number of likely N-dealkylation sites (tertiary alicyclic amines) is 1. The Morgan fingerprint density at radius 1 is 1.48 bits per heavy atom. The zero-order valence-electron chi connectivity index (χ0n) is 13.4. The molecule has 126 valence electrons. The summed E-state index contributed by atoms with van der Waals surface area (Å²) in [5, 5.41) is 2.92. The van der Waals surface area contributed by atoms with Crippen molar-refractivity contribution < 1.29 is 14.0 Å². The van der Waals surface area contributed by atoms with Crippen LogP contribution in [-0.4, -0.2) is 48.4 Å². The topological polar surface area (TPSA) is 49.4 Å². The molecule has 4 nitrogen and oxygen atoms in total. The van der Waals surface area contributed by atoms with Crippen LogP contribution in [-0.2, 0) is 16.0 Å². The second kappa shape index (κ2) is 8.91. The summed E-state index contributed by atoms with van der Waals surface area (Å²) >= 11 is 1.69. The van der Waals surface area contributed by atoms with Crippen LogP contribution < -0.4 is 5.32 Å². The summed E-state index contributed by atoms with van der Waals surface area (Å²) in [4.78, 5) is 25.9. The predicted octanol–water partition coefficient (Wildman–Crippen LogP) is 2.09. The Morgan fingerprint density at radius 3 is 3.04 bits per heavy atom. The molecule has 0 bridgehead atoms. The first-order chi connectivity index (χ1) is 11.1. The van der Waals surface area contributed by atoms with Crippen LogP contribution in [0.1, 0.15) is 18.4 Å². The molecule has 2 rings (SSSR count). The Bertz CT molecular complexity index is 553. The van der Waals surface area contributed by atoms with Crippen molar-refractivity contribution in [3.8, 4) is 0 Å². The van der Waals surface area contributed by atoms with Gasteiger partial charge < -0.3 is 10.2 Å². The van der Waals surface area contributed by atoms with Gasteiger partial charge in [-0.25, -0.2) is 4.39 Å². The molecule has 23 heavy (non-hydrogen) atoms. The third-order valence-electron chi connectivity index (χ3n) is 4.04. The van der Waals surface area contributed by atoms with Crippen molar-refractivity contribution in [2.75, 3.05) is 31.6 Å². The first-order valence-corrected chi connectivity index (χ1v) is 9.28. The molecular formula is C17H23FN2O2S. The van der Waals surface area contributed by atoms with Crippen molar-refractivity contribution >= 4 is 23.6 Å². The summed E-state index contributed by atoms with van der Waals surface area (Å²) in [7, 11) is 0. The number of amides is 2. The van der Waals surface area contributed by atoms with E-state index in [2.05, 4.69) is 5.32 Å². The third-order valence-corrected chi connectivity index (χ3v) is 4.65. The van der Waals surface area contributed by atoms with Crippen molar-refractivity contribution in [3.63, 3.8) is 0 Å². The van der Waals surface area contributed by atoms with Crippen LogP contribution in [0.25, 0.3) is 0 Å². The van der Waals surface area contributed by atoms with Crippen LogP contribution in [0.3, 0.4) is 0 Å². The minimum absolute atomic E-state index is 0.0299. The molecule has 1 atom stereocenters. The fourth-order valence-corrected chi connectivity index (χ4v) is 3.03. The molecule has 1 aromatic carbocycles. The number of halogens is 1. The first-order valence-electron chi connectivity index (χ1n) is 7.89. The molecule has 0 saturated carbocycles. The van der Waals surface area contributed by atoms with E-state index in [9.17, 15) is 14.0 Å². The minimum atomic E-state index is -0.265. The van der Waals surface area contributed by atoms with Gasteiger partial charge in [0.2, 0.25) is 11.8 Å². The van der Waals surface area contributed by atoms with E-state index in [1.807, 2.05) is 12.3 Å². The number of carbonyl (C=O) groups excluding carboxylic acids is 2. The van der Waals surface area contributed by atoms with E-state index in [0.29, 0.717) is 38.9 Å². The molecule has 1 unspecified atom stereocenters. The lowest BCUT2D eigenvalue weighted by Crippen LogP contribution is -2.46. The van der Waals surface area contributed by atoms with E-state index in [1.165, 1.54) is 12.1 Å². The molecule has 1 aliphatic heterocycles. The van der Waals surface area contributed by atoms with Crippen LogP contribution in [0.5, 0.6) is 0 Å². The van der Waals surface area contributed by atoms with Gasteiger partial charge in [-0.05, 0) is 36.8 Å². The van der Waals surface area contributed by atoms with Crippen molar-refractivity contribution in [2.45, 2.75) is 19.3 Å². The molecule has 1 saturated heterocycles. The molecule has 1 heterocycles. The van der Waals surface area contributed by atoms with Gasteiger partial charge in [0.05, 0.1) is 5.92 Å². The van der Waals surface area contributed by atoms with Gasteiger partial charge in [0.1, 0.15) is 5.82 Å². The molecule has 0 radical (unpaired) electrons. The predicted molar refractivity (Wildman–Crippen MR) is 90.8 cm³/mol. The highest BCUT2D eigenvalue weighted by Crippen LogP contribution is 2.18. The van der Waals surface area contributed by atoms with E-state index in [1.54, 1.807) is 22.7 Å². The Hall–Kier alpha value is -1.56. The molecule has 1 N–H and O–H groups in total. The minimum Gasteiger partial charge on any atom is -0.355 e. The van der Waals surface area contributed by atoms with Gasteiger partial charge >= 0.3 is 0 Å². The molecule has 6 heteroatoms. The Labute approximate surface area is 140 Å². The normalized spacial score (nSPS) is 18.1. The van der Waals surface area contributed by atoms with Gasteiger partial charge in [0, 0.05) is 31.8 Å². The average molecular weight is 338 g/mol. The van der Waals surface area contributed by atoms with E-state index in [4.69, 9.17) is 0 Å². The SMILES string of the molecule is CSCCNC(=O)C1CCC(=O)N(CCc2cccc(F)c2)C1. The summed E-state index contributed by atoms with van der Waals surface area (Å²) in [6.07, 6.45) is 3.62. The Balaban J connectivity index is 1.85. The van der Waals surface area contributed by atoms with Gasteiger partial charge in [-0.3, -0.25) is 9.59 Å². The number of hydrogen-bond acceptors (Lipinski definition) is 3. The maximum atomic E-state index is 13.2. The van der Waals surface area contributed by atoms with Gasteiger partial charge in [-0.1, -0.05) is 12.1 Å². The lowest BCUT2D eigenvalue weighted by atomic mass is 9.96. The second-order valence-electron chi connectivity index (χ2n) is 5.74. The van der Waals surface area contributed by atoms with Crippen LogP contribution in [0.15, 0.2) is 24.3 Å². The number of nitrogens with one attached hydrogen (secondary N) is 1. The molecule has 1 aromatic rings. The molecule has 0 spiro atoms. The fraction of sp³-hybridized carbons (Fsp3) is 0.529. The largest absolute Gasteiger partial charge is 0.355 e. The number of carbonyl (C=O) groups is 2. The maximum Gasteiger partial charge on any atom is 0.224 e. The number of rotatable bonds is 7. The monoisotopic (exact) mass is 338 g/mol. The fourth-order valence-electron chi connectivity index (χ4n) is 2.72. The summed E-state index contributed by atoms with van der Waals surface area (Å²) in [6.45, 7) is 1.64. The van der Waals surface area contributed by atoms with Gasteiger partial charge in [0.15, 0.2) is 0 Å². The van der Waals surface area contributed by atoms with E-state index in [0.717, 1.165) is 11.3 Å². The van der Waals surface area contributed by atoms with Gasteiger partial charge in [-0.15, -0.1) is 0 Å². The molecule has 2 amide bonds. The maximum absolute atomic E-state index is 13.2. The van der Waals surface area contributed by atoms with Crippen LogP contribution >= 0.6 is 11.8 Å². The van der Waals surface area contributed by atoms with Crippen molar-refractivity contribution in [1.29, 1.82) is 0 Å². The number of benzene rings is 1. The van der Waals surface area contributed by atoms with E-state index >= 15 is 0 Å². The van der Waals surface area contributed by atoms with Crippen LogP contribution in [0, 0.1) is 11.7 Å². The summed E-state index contributed by atoms with van der Waals surface area (Å²) in [5.41, 5.74) is 0.865. The second-order valence-corrected chi connectivity index (χ2v) is 6.72. The van der Waals surface area contributed by atoms with Crippen LogP contribution in [0.4, 0.5) is 4.39 Å². The highest BCUT2D eigenvalue weighted by atomic mass is 32.2. The Kier molecular flexibility index (Phi) is 6.89. The van der Waals surface area contributed by atoms with E-state index < -0.39 is 0 Å². The lowest BCUT2D eigenvalue weighted by Gasteiger charge is -2.32. The van der Waals surface area contributed by atoms with Crippen molar-refractivity contribution in [1.82, 2.24) is 10.2 Å². The zero-order chi connectivity index (χ0) is 16.7. The molecular weight excluding hydrogens is 315 g/mol. The molecule has 1 fully saturated rings. The first kappa shape index (κ1) is 17.8. The molecule has 1 aliphatic rings. The Morgan fingerprint density at radius 2 is 2.30 bits per heavy atom. The number of nitrogens with zero attached hydrogens (tertiary/aromatic N) is 1. The lowest BCUT2D eigenvalue weighted by molar-refractivity contribution is -0.138. The zero-order valence-corrected chi connectivity index (χ0v) is 14.2. The van der Waals surface area contributed by atoms with Crippen molar-refractivity contribution in [2.24, 2.45) is 5.92 Å². The highest BCUT2D eigenvalue weighted by Gasteiger charge is 2.29. The van der Waals surface area contributed by atoms with Gasteiger partial charge in [-0.2, -0.15) is 11.8 Å². The summed E-state index contributed by atoms with van der Waals surface area (Å²) in [6, 6.07) is 6.42. The summed E-state index contributed by atoms with van der Waals surface area (Å²) in [5.74, 6) is 0.596. The highest BCUT2D eigenvalue weighted by molar-refractivity contribution is 7.98. The number of hydrogen-bond donors (Lipinski definition) is 1. The third kappa shape index (κ3) is 5.53. The van der Waals surface area contributed by atoms with E-state index in [-0.39, 0.29) is 23.5 Å². The molecule has 0 aromatic heterocycles. The quantitative estimate of drug-likeness (QED) is 0.775. The van der Waals surface area contributed by atoms with Gasteiger partial charge in [0.25, 0.3) is 0 Å². The molecule has 0 aliphatic carbocycles. The summed E-state index contributed by atoms with van der Waals surface area (Å²) < 4.78 is 13.2. The standard InChI is InChI=1S/C17H23FN2O2S/c1-23-10-8-19-17(22)14-5-6-16(21)20(12-14)9-7-13-3-2-4-15(18)11-13/h2-4,11,14H,5-10,12H2,1H3,(H,19,22). The number of piperidine rings is 1. The number of thioether (sulfide) groups is 1. The smallest absolute Gasteiger partial charge is 0.224 e. The van der Waals surface area contributed by atoms with Crippen molar-refractivity contribution in [3.05, 3.63) is 35.6 Å². The average Bonchev–Trinajstić information content (AvgIpc) is 2.54.